The Hall–Kier alpha value is -2.18. The summed E-state index contributed by atoms with van der Waals surface area (Å²) in [5.74, 6) is 1.03. The van der Waals surface area contributed by atoms with E-state index in [1.54, 1.807) is 6.07 Å². The first-order valence-corrected chi connectivity index (χ1v) is 9.33. The van der Waals surface area contributed by atoms with Gasteiger partial charge in [-0.3, -0.25) is 9.69 Å². The lowest BCUT2D eigenvalue weighted by molar-refractivity contribution is 0.0911. The van der Waals surface area contributed by atoms with E-state index in [0.29, 0.717) is 18.2 Å². The van der Waals surface area contributed by atoms with Crippen molar-refractivity contribution in [1.29, 1.82) is 0 Å². The van der Waals surface area contributed by atoms with Crippen molar-refractivity contribution in [2.24, 2.45) is 5.92 Å². The standard InChI is InChI=1S/C20H25N3O3/c1-13(14-5-3-2-4-6-14)23-10-16(12-24)18(11-23)21-20(25)17-9-19(26-22-17)15-7-8-15/h2-6,9,13,15-16,18,24H,7-8,10-12H2,1H3,(H,21,25)/t13-,16+,18-/m1/s1. The molecule has 0 unspecified atom stereocenters. The molecule has 0 bridgehead atoms. The minimum Gasteiger partial charge on any atom is -0.396 e. The molecule has 6 nitrogen and oxygen atoms in total. The highest BCUT2D eigenvalue weighted by molar-refractivity contribution is 5.92. The van der Waals surface area contributed by atoms with Crippen LogP contribution in [-0.4, -0.2) is 46.8 Å². The summed E-state index contributed by atoms with van der Waals surface area (Å²) in [5.41, 5.74) is 1.57. The van der Waals surface area contributed by atoms with Gasteiger partial charge in [-0.05, 0) is 25.3 Å². The van der Waals surface area contributed by atoms with E-state index in [4.69, 9.17) is 4.52 Å². The summed E-state index contributed by atoms with van der Waals surface area (Å²) < 4.78 is 5.27. The predicted molar refractivity (Wildman–Crippen MR) is 96.7 cm³/mol. The Balaban J connectivity index is 1.41. The summed E-state index contributed by atoms with van der Waals surface area (Å²) in [4.78, 5) is 14.8. The number of aliphatic hydroxyl groups is 1. The molecule has 1 saturated carbocycles. The Bertz CT molecular complexity index is 757. The molecule has 2 aliphatic rings. The molecule has 2 N–H and O–H groups in total. The fourth-order valence-electron chi connectivity index (χ4n) is 3.71. The average molecular weight is 355 g/mol. The van der Waals surface area contributed by atoms with E-state index in [1.165, 1.54) is 5.56 Å². The van der Waals surface area contributed by atoms with Crippen LogP contribution < -0.4 is 5.32 Å². The van der Waals surface area contributed by atoms with E-state index in [-0.39, 0.29) is 30.5 Å². The number of aliphatic hydroxyl groups excluding tert-OH is 1. The zero-order valence-electron chi connectivity index (χ0n) is 15.0. The van der Waals surface area contributed by atoms with Crippen molar-refractivity contribution in [3.8, 4) is 0 Å². The van der Waals surface area contributed by atoms with Gasteiger partial charge >= 0.3 is 0 Å². The highest BCUT2D eigenvalue weighted by Gasteiger charge is 2.36. The SMILES string of the molecule is C[C@H](c1ccccc1)N1C[C@@H](CO)[C@H](NC(=O)c2cc(C3CC3)on2)C1. The number of aromatic nitrogens is 1. The lowest BCUT2D eigenvalue weighted by Gasteiger charge is -2.24. The zero-order valence-corrected chi connectivity index (χ0v) is 15.0. The first-order chi connectivity index (χ1) is 12.7. The van der Waals surface area contributed by atoms with Crippen LogP contribution in [0.2, 0.25) is 0 Å². The fraction of sp³-hybridized carbons (Fsp3) is 0.500. The van der Waals surface area contributed by atoms with Crippen molar-refractivity contribution in [2.45, 2.75) is 37.8 Å². The molecule has 2 heterocycles. The van der Waals surface area contributed by atoms with Gasteiger partial charge < -0.3 is 14.9 Å². The summed E-state index contributed by atoms with van der Waals surface area (Å²) in [5, 5.41) is 16.7. The quantitative estimate of drug-likeness (QED) is 0.831. The van der Waals surface area contributed by atoms with Crippen LogP contribution in [0.4, 0.5) is 0 Å². The van der Waals surface area contributed by atoms with Crippen LogP contribution in [-0.2, 0) is 0 Å². The molecule has 1 aromatic carbocycles. The van der Waals surface area contributed by atoms with Crippen molar-refractivity contribution in [1.82, 2.24) is 15.4 Å². The third kappa shape index (κ3) is 3.52. The number of nitrogens with zero attached hydrogens (tertiary/aromatic N) is 2. The highest BCUT2D eigenvalue weighted by Crippen LogP contribution is 2.40. The fourth-order valence-corrected chi connectivity index (χ4v) is 3.71. The highest BCUT2D eigenvalue weighted by atomic mass is 16.5. The maximum atomic E-state index is 12.5. The maximum Gasteiger partial charge on any atom is 0.273 e. The van der Waals surface area contributed by atoms with Gasteiger partial charge in [-0.15, -0.1) is 0 Å². The molecule has 6 heteroatoms. The van der Waals surface area contributed by atoms with Crippen LogP contribution in [0, 0.1) is 5.92 Å². The van der Waals surface area contributed by atoms with Gasteiger partial charge in [0.15, 0.2) is 5.69 Å². The third-order valence-electron chi connectivity index (χ3n) is 5.59. The Kier molecular flexibility index (Phi) is 4.78. The van der Waals surface area contributed by atoms with Gasteiger partial charge in [0, 0.05) is 49.7 Å². The van der Waals surface area contributed by atoms with Crippen molar-refractivity contribution in [3.63, 3.8) is 0 Å². The first-order valence-electron chi connectivity index (χ1n) is 9.33. The van der Waals surface area contributed by atoms with Crippen LogP contribution >= 0.6 is 0 Å². The van der Waals surface area contributed by atoms with Crippen LogP contribution in [0.1, 0.15) is 53.5 Å². The number of hydrogen-bond acceptors (Lipinski definition) is 5. The molecule has 0 radical (unpaired) electrons. The molecule has 1 aliphatic heterocycles. The second-order valence-corrected chi connectivity index (χ2v) is 7.45. The second-order valence-electron chi connectivity index (χ2n) is 7.45. The van der Waals surface area contributed by atoms with Crippen LogP contribution in [0.3, 0.4) is 0 Å². The number of amides is 1. The molecular formula is C20H25N3O3. The molecule has 2 aromatic rings. The lowest BCUT2D eigenvalue weighted by atomic mass is 10.1. The van der Waals surface area contributed by atoms with Crippen molar-refractivity contribution < 1.29 is 14.4 Å². The van der Waals surface area contributed by atoms with E-state index in [1.807, 2.05) is 18.2 Å². The van der Waals surface area contributed by atoms with E-state index in [2.05, 4.69) is 34.4 Å². The number of carbonyl (C=O) groups is 1. The Labute approximate surface area is 153 Å². The normalized spacial score (nSPS) is 24.5. The summed E-state index contributed by atoms with van der Waals surface area (Å²) in [7, 11) is 0. The monoisotopic (exact) mass is 355 g/mol. The van der Waals surface area contributed by atoms with E-state index >= 15 is 0 Å². The third-order valence-corrected chi connectivity index (χ3v) is 5.59. The van der Waals surface area contributed by atoms with E-state index in [0.717, 1.165) is 25.1 Å². The van der Waals surface area contributed by atoms with E-state index in [9.17, 15) is 9.90 Å². The van der Waals surface area contributed by atoms with Crippen LogP contribution in [0.15, 0.2) is 40.9 Å². The number of likely N-dealkylation sites (tertiary alicyclic amines) is 1. The van der Waals surface area contributed by atoms with Crippen molar-refractivity contribution >= 4 is 5.91 Å². The molecule has 1 amide bonds. The summed E-state index contributed by atoms with van der Waals surface area (Å²) >= 11 is 0. The molecule has 2 fully saturated rings. The molecule has 1 aromatic heterocycles. The number of rotatable bonds is 6. The summed E-state index contributed by atoms with van der Waals surface area (Å²) in [6, 6.07) is 12.2. The Morgan fingerprint density at radius 3 is 2.81 bits per heavy atom. The lowest BCUT2D eigenvalue weighted by Crippen LogP contribution is -2.41. The minimum absolute atomic E-state index is 0.0138. The van der Waals surface area contributed by atoms with Crippen molar-refractivity contribution in [2.75, 3.05) is 19.7 Å². The van der Waals surface area contributed by atoms with Gasteiger partial charge in [0.2, 0.25) is 0 Å². The van der Waals surface area contributed by atoms with E-state index < -0.39 is 0 Å². The van der Waals surface area contributed by atoms with Gasteiger partial charge in [-0.25, -0.2) is 0 Å². The zero-order chi connectivity index (χ0) is 18.1. The molecule has 138 valence electrons. The molecule has 26 heavy (non-hydrogen) atoms. The second kappa shape index (κ2) is 7.21. The maximum absolute atomic E-state index is 12.5. The minimum atomic E-state index is -0.224. The number of nitrogens with one attached hydrogen (secondary N) is 1. The average Bonchev–Trinajstić information content (AvgIpc) is 3.26. The topological polar surface area (TPSA) is 78.6 Å². The Morgan fingerprint density at radius 1 is 1.35 bits per heavy atom. The van der Waals surface area contributed by atoms with Crippen LogP contribution in [0.25, 0.3) is 0 Å². The molecule has 4 rings (SSSR count). The molecule has 3 atom stereocenters. The summed E-state index contributed by atoms with van der Waals surface area (Å²) in [6.45, 7) is 3.67. The number of hydrogen-bond donors (Lipinski definition) is 2. The van der Waals surface area contributed by atoms with Gasteiger partial charge in [0.1, 0.15) is 5.76 Å². The van der Waals surface area contributed by atoms with Gasteiger partial charge in [0.05, 0.1) is 0 Å². The molecular weight excluding hydrogens is 330 g/mol. The Morgan fingerprint density at radius 2 is 2.12 bits per heavy atom. The molecule has 1 aliphatic carbocycles. The smallest absolute Gasteiger partial charge is 0.273 e. The van der Waals surface area contributed by atoms with Gasteiger partial charge in [0.25, 0.3) is 5.91 Å². The van der Waals surface area contributed by atoms with Gasteiger partial charge in [-0.1, -0.05) is 35.5 Å². The predicted octanol–water partition coefficient (Wildman–Crippen LogP) is 2.34. The molecule has 0 spiro atoms. The van der Waals surface area contributed by atoms with Crippen molar-refractivity contribution in [3.05, 3.63) is 53.4 Å². The summed E-state index contributed by atoms with van der Waals surface area (Å²) in [6.07, 6.45) is 2.22. The largest absolute Gasteiger partial charge is 0.396 e. The number of benzene rings is 1. The number of carbonyl (C=O) groups excluding carboxylic acids is 1. The first kappa shape index (κ1) is 17.2. The van der Waals surface area contributed by atoms with Crippen LogP contribution in [0.5, 0.6) is 0 Å². The van der Waals surface area contributed by atoms with Gasteiger partial charge in [-0.2, -0.15) is 0 Å². The molecule has 1 saturated heterocycles.